The molecule has 1 aromatic heterocycles. The highest BCUT2D eigenvalue weighted by Gasteiger charge is 2.05. The lowest BCUT2D eigenvalue weighted by Gasteiger charge is -2.10. The summed E-state index contributed by atoms with van der Waals surface area (Å²) in [7, 11) is 1.90. The highest BCUT2D eigenvalue weighted by molar-refractivity contribution is 5.81. The van der Waals surface area contributed by atoms with Crippen LogP contribution in [0.3, 0.4) is 0 Å². The molecule has 96 valence electrons. The summed E-state index contributed by atoms with van der Waals surface area (Å²) in [4.78, 5) is 4.60. The van der Waals surface area contributed by atoms with E-state index in [0.717, 1.165) is 41.7 Å². The number of hydrogen-bond acceptors (Lipinski definition) is 3. The van der Waals surface area contributed by atoms with E-state index >= 15 is 0 Å². The standard InChI is InChI=1S/C15H20N2O/c1-3-4-9-18-11-13-10-12-7-5-6-8-14(12)17-15(13)16-2/h5-8,10H,3-4,9,11H2,1-2H3,(H,16,17). The molecule has 0 aliphatic rings. The zero-order valence-corrected chi connectivity index (χ0v) is 11.1. The van der Waals surface area contributed by atoms with Gasteiger partial charge >= 0.3 is 0 Å². The van der Waals surface area contributed by atoms with Gasteiger partial charge in [-0.25, -0.2) is 4.98 Å². The summed E-state index contributed by atoms with van der Waals surface area (Å²) in [5.74, 6) is 0.908. The molecule has 0 spiro atoms. The fourth-order valence-electron chi connectivity index (χ4n) is 1.91. The number of anilines is 1. The van der Waals surface area contributed by atoms with E-state index in [1.54, 1.807) is 0 Å². The number of hydrogen-bond donors (Lipinski definition) is 1. The maximum Gasteiger partial charge on any atom is 0.131 e. The normalized spacial score (nSPS) is 10.8. The number of benzene rings is 1. The summed E-state index contributed by atoms with van der Waals surface area (Å²) in [5, 5.41) is 4.30. The predicted molar refractivity (Wildman–Crippen MR) is 75.9 cm³/mol. The van der Waals surface area contributed by atoms with Crippen molar-refractivity contribution in [1.82, 2.24) is 4.98 Å². The van der Waals surface area contributed by atoms with Gasteiger partial charge in [-0.1, -0.05) is 31.5 Å². The number of fused-ring (bicyclic) bond motifs is 1. The lowest BCUT2D eigenvalue weighted by molar-refractivity contribution is 0.118. The number of para-hydroxylation sites is 1. The molecule has 0 unspecified atom stereocenters. The monoisotopic (exact) mass is 244 g/mol. The third-order valence-electron chi connectivity index (χ3n) is 2.94. The Morgan fingerprint density at radius 3 is 2.89 bits per heavy atom. The third-order valence-corrected chi connectivity index (χ3v) is 2.94. The zero-order valence-electron chi connectivity index (χ0n) is 11.1. The maximum atomic E-state index is 5.67. The molecule has 0 fully saturated rings. The van der Waals surface area contributed by atoms with Crippen LogP contribution in [0.15, 0.2) is 30.3 Å². The van der Waals surface area contributed by atoms with Gasteiger partial charge in [-0.3, -0.25) is 0 Å². The molecule has 18 heavy (non-hydrogen) atoms. The summed E-state index contributed by atoms with van der Waals surface area (Å²) < 4.78 is 5.67. The summed E-state index contributed by atoms with van der Waals surface area (Å²) >= 11 is 0. The van der Waals surface area contributed by atoms with Crippen LogP contribution in [0, 0.1) is 0 Å². The van der Waals surface area contributed by atoms with Gasteiger partial charge in [0.25, 0.3) is 0 Å². The molecule has 0 amide bonds. The molecule has 0 radical (unpaired) electrons. The van der Waals surface area contributed by atoms with E-state index in [1.807, 2.05) is 25.2 Å². The molecule has 1 N–H and O–H groups in total. The van der Waals surface area contributed by atoms with E-state index in [9.17, 15) is 0 Å². The van der Waals surface area contributed by atoms with Crippen LogP contribution in [0.4, 0.5) is 5.82 Å². The highest BCUT2D eigenvalue weighted by atomic mass is 16.5. The number of aromatic nitrogens is 1. The summed E-state index contributed by atoms with van der Waals surface area (Å²) in [6.07, 6.45) is 2.27. The average molecular weight is 244 g/mol. The van der Waals surface area contributed by atoms with Crippen LogP contribution in [-0.2, 0) is 11.3 Å². The van der Waals surface area contributed by atoms with Crippen molar-refractivity contribution in [3.8, 4) is 0 Å². The van der Waals surface area contributed by atoms with Gasteiger partial charge < -0.3 is 10.1 Å². The van der Waals surface area contributed by atoms with Gasteiger partial charge in [-0.15, -0.1) is 0 Å². The van der Waals surface area contributed by atoms with E-state index < -0.39 is 0 Å². The lowest BCUT2D eigenvalue weighted by Crippen LogP contribution is -2.02. The Morgan fingerprint density at radius 2 is 2.11 bits per heavy atom. The third kappa shape index (κ3) is 2.99. The molecule has 0 bridgehead atoms. The Balaban J connectivity index is 2.19. The van der Waals surface area contributed by atoms with Gasteiger partial charge in [0.2, 0.25) is 0 Å². The molecule has 2 aromatic rings. The van der Waals surface area contributed by atoms with E-state index in [0.29, 0.717) is 6.61 Å². The van der Waals surface area contributed by atoms with E-state index in [1.165, 1.54) is 0 Å². The van der Waals surface area contributed by atoms with Crippen molar-refractivity contribution in [3.63, 3.8) is 0 Å². The average Bonchev–Trinajstić information content (AvgIpc) is 2.42. The molecule has 0 aliphatic carbocycles. The van der Waals surface area contributed by atoms with Crippen molar-refractivity contribution in [2.45, 2.75) is 26.4 Å². The largest absolute Gasteiger partial charge is 0.377 e. The Morgan fingerprint density at radius 1 is 1.28 bits per heavy atom. The Bertz CT molecular complexity index is 511. The molecule has 0 atom stereocenters. The van der Waals surface area contributed by atoms with E-state index in [-0.39, 0.29) is 0 Å². The first-order valence-corrected chi connectivity index (χ1v) is 6.49. The number of rotatable bonds is 6. The highest BCUT2D eigenvalue weighted by Crippen LogP contribution is 2.20. The van der Waals surface area contributed by atoms with Gasteiger partial charge in [0, 0.05) is 24.6 Å². The minimum Gasteiger partial charge on any atom is -0.377 e. The topological polar surface area (TPSA) is 34.1 Å². The number of nitrogens with one attached hydrogen (secondary N) is 1. The first-order chi connectivity index (χ1) is 8.85. The van der Waals surface area contributed by atoms with Gasteiger partial charge in [0.05, 0.1) is 12.1 Å². The lowest BCUT2D eigenvalue weighted by atomic mass is 10.1. The molecule has 3 nitrogen and oxygen atoms in total. The van der Waals surface area contributed by atoms with Crippen LogP contribution in [-0.4, -0.2) is 18.6 Å². The van der Waals surface area contributed by atoms with Crippen molar-refractivity contribution >= 4 is 16.7 Å². The first-order valence-electron chi connectivity index (χ1n) is 6.49. The molecule has 1 heterocycles. The van der Waals surface area contributed by atoms with Crippen molar-refractivity contribution in [2.75, 3.05) is 19.0 Å². The SMILES string of the molecule is CCCCOCc1cc2ccccc2nc1NC. The van der Waals surface area contributed by atoms with Gasteiger partial charge in [0.1, 0.15) is 5.82 Å². The molecule has 0 saturated heterocycles. The van der Waals surface area contributed by atoms with Crippen LogP contribution in [0.5, 0.6) is 0 Å². The minimum atomic E-state index is 0.619. The van der Waals surface area contributed by atoms with Crippen LogP contribution in [0.25, 0.3) is 10.9 Å². The molecular formula is C15H20N2O. The summed E-state index contributed by atoms with van der Waals surface area (Å²) in [5.41, 5.74) is 2.13. The Hall–Kier alpha value is -1.61. The minimum absolute atomic E-state index is 0.619. The zero-order chi connectivity index (χ0) is 12.8. The maximum absolute atomic E-state index is 5.67. The van der Waals surface area contributed by atoms with Crippen LogP contribution < -0.4 is 5.32 Å². The van der Waals surface area contributed by atoms with Crippen molar-refractivity contribution in [3.05, 3.63) is 35.9 Å². The molecule has 0 saturated carbocycles. The van der Waals surface area contributed by atoms with Gasteiger partial charge in [0.15, 0.2) is 0 Å². The second kappa shape index (κ2) is 6.36. The fraction of sp³-hybridized carbons (Fsp3) is 0.400. The van der Waals surface area contributed by atoms with Crippen molar-refractivity contribution in [1.29, 1.82) is 0 Å². The summed E-state index contributed by atoms with van der Waals surface area (Å²) in [6.45, 7) is 3.60. The Kier molecular flexibility index (Phi) is 4.53. The quantitative estimate of drug-likeness (QED) is 0.788. The smallest absolute Gasteiger partial charge is 0.131 e. The van der Waals surface area contributed by atoms with E-state index in [4.69, 9.17) is 4.74 Å². The van der Waals surface area contributed by atoms with Crippen LogP contribution >= 0.6 is 0 Å². The summed E-state index contributed by atoms with van der Waals surface area (Å²) in [6, 6.07) is 10.3. The second-order valence-corrected chi connectivity index (χ2v) is 4.34. The molecule has 3 heteroatoms. The first kappa shape index (κ1) is 12.8. The predicted octanol–water partition coefficient (Wildman–Crippen LogP) is 3.59. The van der Waals surface area contributed by atoms with Crippen molar-refractivity contribution < 1.29 is 4.74 Å². The second-order valence-electron chi connectivity index (χ2n) is 4.34. The van der Waals surface area contributed by atoms with Crippen molar-refractivity contribution in [2.24, 2.45) is 0 Å². The van der Waals surface area contributed by atoms with Crippen LogP contribution in [0.1, 0.15) is 25.3 Å². The number of unbranched alkanes of at least 4 members (excludes halogenated alkanes) is 1. The number of ether oxygens (including phenoxy) is 1. The number of nitrogens with zero attached hydrogens (tertiary/aromatic N) is 1. The van der Waals surface area contributed by atoms with Gasteiger partial charge in [-0.2, -0.15) is 0 Å². The fourth-order valence-corrected chi connectivity index (χ4v) is 1.91. The van der Waals surface area contributed by atoms with Gasteiger partial charge in [-0.05, 0) is 18.6 Å². The molecule has 2 rings (SSSR count). The number of pyridine rings is 1. The van der Waals surface area contributed by atoms with Crippen LogP contribution in [0.2, 0.25) is 0 Å². The molecule has 1 aromatic carbocycles. The Labute approximate surface area is 108 Å². The molecule has 0 aliphatic heterocycles. The van der Waals surface area contributed by atoms with E-state index in [2.05, 4.69) is 29.4 Å². The molecular weight excluding hydrogens is 224 g/mol.